The van der Waals surface area contributed by atoms with Crippen LogP contribution in [-0.4, -0.2) is 5.91 Å². The second kappa shape index (κ2) is 5.00. The number of carbonyl (C=O) groups excluding carboxylic acids is 1. The third-order valence-corrected chi connectivity index (χ3v) is 3.78. The van der Waals surface area contributed by atoms with Crippen LogP contribution in [0.5, 0.6) is 0 Å². The van der Waals surface area contributed by atoms with E-state index in [1.54, 1.807) is 0 Å². The minimum Gasteiger partial charge on any atom is -0.326 e. The van der Waals surface area contributed by atoms with E-state index in [9.17, 15) is 4.79 Å². The summed E-state index contributed by atoms with van der Waals surface area (Å²) in [4.78, 5) is 12.0. The van der Waals surface area contributed by atoms with E-state index in [0.29, 0.717) is 5.92 Å². The molecule has 1 aromatic carbocycles. The van der Waals surface area contributed by atoms with Gasteiger partial charge >= 0.3 is 0 Å². The summed E-state index contributed by atoms with van der Waals surface area (Å²) >= 11 is 3.40. The minimum atomic E-state index is 0.170. The summed E-state index contributed by atoms with van der Waals surface area (Å²) in [5, 5.41) is 2.99. The van der Waals surface area contributed by atoms with Crippen molar-refractivity contribution < 1.29 is 4.79 Å². The van der Waals surface area contributed by atoms with Gasteiger partial charge in [0.15, 0.2) is 0 Å². The first-order valence-electron chi connectivity index (χ1n) is 5.73. The monoisotopic (exact) mass is 281 g/mol. The van der Waals surface area contributed by atoms with Crippen molar-refractivity contribution in [2.24, 2.45) is 11.8 Å². The molecule has 0 bridgehead atoms. The fourth-order valence-electron chi connectivity index (χ4n) is 2.34. The Kier molecular flexibility index (Phi) is 3.64. The second-order valence-electron chi connectivity index (χ2n) is 4.51. The van der Waals surface area contributed by atoms with Crippen molar-refractivity contribution in [3.05, 3.63) is 28.7 Å². The van der Waals surface area contributed by atoms with Gasteiger partial charge in [-0.15, -0.1) is 0 Å². The Hall–Kier alpha value is -0.830. The largest absolute Gasteiger partial charge is 0.326 e. The number of anilines is 1. The van der Waals surface area contributed by atoms with Crippen LogP contribution in [0.25, 0.3) is 0 Å². The summed E-state index contributed by atoms with van der Waals surface area (Å²) in [5.74, 6) is 0.884. The molecule has 1 aromatic rings. The van der Waals surface area contributed by atoms with E-state index in [1.165, 1.54) is 12.8 Å². The zero-order valence-electron chi connectivity index (χ0n) is 9.37. The van der Waals surface area contributed by atoms with E-state index in [-0.39, 0.29) is 11.8 Å². The molecule has 1 fully saturated rings. The highest BCUT2D eigenvalue weighted by molar-refractivity contribution is 9.10. The molecule has 0 saturated heterocycles. The number of amides is 1. The van der Waals surface area contributed by atoms with E-state index in [2.05, 4.69) is 28.2 Å². The molecule has 0 spiro atoms. The van der Waals surface area contributed by atoms with Crippen LogP contribution in [0.4, 0.5) is 5.69 Å². The molecular weight excluding hydrogens is 266 g/mol. The number of halogens is 1. The second-order valence-corrected chi connectivity index (χ2v) is 5.43. The first-order valence-corrected chi connectivity index (χ1v) is 6.52. The number of carbonyl (C=O) groups is 1. The summed E-state index contributed by atoms with van der Waals surface area (Å²) < 4.78 is 0.991. The Morgan fingerprint density at radius 3 is 2.88 bits per heavy atom. The van der Waals surface area contributed by atoms with Gasteiger partial charge in [-0.05, 0) is 37.0 Å². The Labute approximate surface area is 105 Å². The maximum atomic E-state index is 12.0. The lowest BCUT2D eigenvalue weighted by atomic mass is 9.97. The van der Waals surface area contributed by atoms with Crippen LogP contribution in [0.1, 0.15) is 26.2 Å². The van der Waals surface area contributed by atoms with Gasteiger partial charge < -0.3 is 5.32 Å². The lowest BCUT2D eigenvalue weighted by Gasteiger charge is -2.15. The molecule has 86 valence electrons. The highest BCUT2D eigenvalue weighted by Gasteiger charge is 2.29. The first-order chi connectivity index (χ1) is 7.66. The average molecular weight is 282 g/mol. The average Bonchev–Trinajstić information content (AvgIpc) is 2.64. The van der Waals surface area contributed by atoms with Crippen molar-refractivity contribution in [3.63, 3.8) is 0 Å². The molecule has 2 unspecified atom stereocenters. The standard InChI is InChI=1S/C13H16BrNO/c1-9-4-2-7-12(9)13(16)15-11-6-3-5-10(14)8-11/h3,5-6,8-9,12H,2,4,7H2,1H3,(H,15,16). The maximum Gasteiger partial charge on any atom is 0.227 e. The van der Waals surface area contributed by atoms with Gasteiger partial charge in [-0.2, -0.15) is 0 Å². The third kappa shape index (κ3) is 2.64. The number of nitrogens with one attached hydrogen (secondary N) is 1. The Balaban J connectivity index is 2.02. The fraction of sp³-hybridized carbons (Fsp3) is 0.462. The van der Waals surface area contributed by atoms with E-state index in [4.69, 9.17) is 0 Å². The summed E-state index contributed by atoms with van der Waals surface area (Å²) in [6.07, 6.45) is 3.38. The van der Waals surface area contributed by atoms with Crippen LogP contribution in [-0.2, 0) is 4.79 Å². The minimum absolute atomic E-state index is 0.170. The van der Waals surface area contributed by atoms with Gasteiger partial charge in [0.2, 0.25) is 5.91 Å². The van der Waals surface area contributed by atoms with Gasteiger partial charge in [0.1, 0.15) is 0 Å². The van der Waals surface area contributed by atoms with Gasteiger partial charge in [-0.1, -0.05) is 35.3 Å². The molecule has 1 amide bonds. The summed E-state index contributed by atoms with van der Waals surface area (Å²) in [6, 6.07) is 7.73. The van der Waals surface area contributed by atoms with Crippen molar-refractivity contribution >= 4 is 27.5 Å². The van der Waals surface area contributed by atoms with Gasteiger partial charge in [-0.25, -0.2) is 0 Å². The smallest absolute Gasteiger partial charge is 0.227 e. The van der Waals surface area contributed by atoms with Crippen molar-refractivity contribution in [2.75, 3.05) is 5.32 Å². The fourth-order valence-corrected chi connectivity index (χ4v) is 2.74. The molecule has 16 heavy (non-hydrogen) atoms. The van der Waals surface area contributed by atoms with E-state index >= 15 is 0 Å². The quantitative estimate of drug-likeness (QED) is 0.877. The van der Waals surface area contributed by atoms with Gasteiger partial charge in [-0.3, -0.25) is 4.79 Å². The highest BCUT2D eigenvalue weighted by Crippen LogP contribution is 2.32. The number of hydrogen-bond donors (Lipinski definition) is 1. The summed E-state index contributed by atoms with van der Waals surface area (Å²) in [7, 11) is 0. The van der Waals surface area contributed by atoms with Crippen LogP contribution in [0.2, 0.25) is 0 Å². The molecule has 2 atom stereocenters. The normalized spacial score (nSPS) is 24.4. The van der Waals surface area contributed by atoms with Gasteiger partial charge in [0.05, 0.1) is 0 Å². The number of benzene rings is 1. The molecule has 0 aliphatic heterocycles. The first kappa shape index (κ1) is 11.6. The SMILES string of the molecule is CC1CCCC1C(=O)Nc1cccc(Br)c1. The Bertz CT molecular complexity index is 391. The van der Waals surface area contributed by atoms with Gasteiger partial charge in [0, 0.05) is 16.1 Å². The van der Waals surface area contributed by atoms with Gasteiger partial charge in [0.25, 0.3) is 0 Å². The van der Waals surface area contributed by atoms with Crippen LogP contribution >= 0.6 is 15.9 Å². The lowest BCUT2D eigenvalue weighted by Crippen LogP contribution is -2.24. The third-order valence-electron chi connectivity index (χ3n) is 3.29. The molecule has 1 saturated carbocycles. The zero-order chi connectivity index (χ0) is 11.5. The van der Waals surface area contributed by atoms with Crippen LogP contribution in [0, 0.1) is 11.8 Å². The molecule has 2 rings (SSSR count). The Morgan fingerprint density at radius 1 is 1.44 bits per heavy atom. The van der Waals surface area contributed by atoms with Crippen molar-refractivity contribution in [1.29, 1.82) is 0 Å². The molecule has 0 aromatic heterocycles. The predicted molar refractivity (Wildman–Crippen MR) is 69.3 cm³/mol. The Morgan fingerprint density at radius 2 is 2.25 bits per heavy atom. The molecule has 1 aliphatic rings. The van der Waals surface area contributed by atoms with E-state index < -0.39 is 0 Å². The number of hydrogen-bond acceptors (Lipinski definition) is 1. The van der Waals surface area contributed by atoms with Crippen molar-refractivity contribution in [1.82, 2.24) is 0 Å². The lowest BCUT2D eigenvalue weighted by molar-refractivity contribution is -0.120. The topological polar surface area (TPSA) is 29.1 Å². The number of rotatable bonds is 2. The maximum absolute atomic E-state index is 12.0. The molecule has 1 aliphatic carbocycles. The van der Waals surface area contributed by atoms with Crippen LogP contribution in [0.15, 0.2) is 28.7 Å². The van der Waals surface area contributed by atoms with E-state index in [1.807, 2.05) is 24.3 Å². The zero-order valence-corrected chi connectivity index (χ0v) is 11.0. The van der Waals surface area contributed by atoms with Crippen molar-refractivity contribution in [2.45, 2.75) is 26.2 Å². The molecule has 2 nitrogen and oxygen atoms in total. The predicted octanol–water partition coefficient (Wildman–Crippen LogP) is 3.82. The molecule has 0 heterocycles. The summed E-state index contributed by atoms with van der Waals surface area (Å²) in [5.41, 5.74) is 0.874. The van der Waals surface area contributed by atoms with E-state index in [0.717, 1.165) is 16.6 Å². The van der Waals surface area contributed by atoms with Crippen LogP contribution < -0.4 is 5.32 Å². The molecule has 1 N–H and O–H groups in total. The highest BCUT2D eigenvalue weighted by atomic mass is 79.9. The summed E-state index contributed by atoms with van der Waals surface area (Å²) in [6.45, 7) is 2.16. The van der Waals surface area contributed by atoms with Crippen LogP contribution in [0.3, 0.4) is 0 Å². The molecule has 3 heteroatoms. The van der Waals surface area contributed by atoms with Crippen molar-refractivity contribution in [3.8, 4) is 0 Å². The molecular formula is C13H16BrNO. The molecule has 0 radical (unpaired) electrons.